The number of hydrogen-bond donors (Lipinski definition) is 1. The number of rotatable bonds is 4. The molecular weight excluding hydrogens is 336 g/mol. The highest BCUT2D eigenvalue weighted by Crippen LogP contribution is 2.22. The van der Waals surface area contributed by atoms with E-state index >= 15 is 0 Å². The molecular formula is C18H30N4O2S. The zero-order chi connectivity index (χ0) is 18.6. The molecule has 1 aromatic rings. The molecule has 0 spiro atoms. The molecule has 25 heavy (non-hydrogen) atoms. The fourth-order valence-corrected chi connectivity index (χ4v) is 4.56. The summed E-state index contributed by atoms with van der Waals surface area (Å²) in [5.74, 6) is 2.09. The first-order chi connectivity index (χ1) is 11.8. The molecule has 7 heteroatoms. The number of sulfonamides is 1. The van der Waals surface area contributed by atoms with Crippen molar-refractivity contribution in [3.63, 3.8) is 0 Å². The Morgan fingerprint density at radius 1 is 1.24 bits per heavy atom. The SMILES string of the molecule is CN=C(NCc1ccccc1S(=O)(=O)N(C)C)N1CC(C)CC(C)C1. The summed E-state index contributed by atoms with van der Waals surface area (Å²) in [6.07, 6.45) is 1.23. The van der Waals surface area contributed by atoms with E-state index in [1.165, 1.54) is 10.7 Å². The summed E-state index contributed by atoms with van der Waals surface area (Å²) >= 11 is 0. The van der Waals surface area contributed by atoms with Gasteiger partial charge in [0.25, 0.3) is 0 Å². The van der Waals surface area contributed by atoms with Crippen molar-refractivity contribution in [1.29, 1.82) is 0 Å². The van der Waals surface area contributed by atoms with Gasteiger partial charge in [0.2, 0.25) is 10.0 Å². The Morgan fingerprint density at radius 2 is 1.84 bits per heavy atom. The van der Waals surface area contributed by atoms with E-state index in [0.717, 1.165) is 24.6 Å². The Bertz CT molecular complexity index is 706. The summed E-state index contributed by atoms with van der Waals surface area (Å²) in [4.78, 5) is 7.00. The lowest BCUT2D eigenvalue weighted by molar-refractivity contribution is 0.208. The molecule has 1 N–H and O–H groups in total. The first-order valence-electron chi connectivity index (χ1n) is 8.71. The lowest BCUT2D eigenvalue weighted by Crippen LogP contribution is -2.48. The number of piperidine rings is 1. The molecule has 140 valence electrons. The molecule has 1 heterocycles. The molecule has 0 saturated carbocycles. The number of benzene rings is 1. The predicted molar refractivity (Wildman–Crippen MR) is 102 cm³/mol. The Morgan fingerprint density at radius 3 is 2.40 bits per heavy atom. The van der Waals surface area contributed by atoms with E-state index < -0.39 is 10.0 Å². The third kappa shape index (κ3) is 4.73. The van der Waals surface area contributed by atoms with Gasteiger partial charge in [-0.25, -0.2) is 12.7 Å². The molecule has 6 nitrogen and oxygen atoms in total. The van der Waals surface area contributed by atoms with Gasteiger partial charge in [-0.15, -0.1) is 0 Å². The highest BCUT2D eigenvalue weighted by molar-refractivity contribution is 7.89. The van der Waals surface area contributed by atoms with E-state index in [2.05, 4.69) is 29.1 Å². The molecule has 0 bridgehead atoms. The van der Waals surface area contributed by atoms with E-state index in [0.29, 0.717) is 23.3 Å². The standard InChI is InChI=1S/C18H30N4O2S/c1-14-10-15(2)13-22(12-14)18(19-3)20-11-16-8-6-7-9-17(16)25(23,24)21(4)5/h6-9,14-15H,10-13H2,1-5H3,(H,19,20). The van der Waals surface area contributed by atoms with E-state index in [9.17, 15) is 8.42 Å². The number of hydrogen-bond acceptors (Lipinski definition) is 3. The van der Waals surface area contributed by atoms with Crippen molar-refractivity contribution >= 4 is 16.0 Å². The minimum atomic E-state index is -3.46. The lowest BCUT2D eigenvalue weighted by atomic mass is 9.92. The average Bonchev–Trinajstić information content (AvgIpc) is 2.54. The smallest absolute Gasteiger partial charge is 0.242 e. The Hall–Kier alpha value is -1.60. The van der Waals surface area contributed by atoms with Crippen LogP contribution in [0.4, 0.5) is 0 Å². The van der Waals surface area contributed by atoms with Gasteiger partial charge < -0.3 is 10.2 Å². The van der Waals surface area contributed by atoms with E-state index in [4.69, 9.17) is 0 Å². The van der Waals surface area contributed by atoms with Crippen LogP contribution in [0.15, 0.2) is 34.2 Å². The second kappa shape index (κ2) is 8.19. The van der Waals surface area contributed by atoms with Crippen LogP contribution in [0.3, 0.4) is 0 Å². The topological polar surface area (TPSA) is 65.0 Å². The highest BCUT2D eigenvalue weighted by Gasteiger charge is 2.25. The molecule has 2 rings (SSSR count). The number of nitrogens with zero attached hydrogens (tertiary/aromatic N) is 3. The fourth-order valence-electron chi connectivity index (χ4n) is 3.44. The molecule has 0 amide bonds. The molecule has 1 fully saturated rings. The van der Waals surface area contributed by atoms with Crippen LogP contribution in [0.5, 0.6) is 0 Å². The largest absolute Gasteiger partial charge is 0.352 e. The fraction of sp³-hybridized carbons (Fsp3) is 0.611. The molecule has 1 aliphatic rings. The van der Waals surface area contributed by atoms with Crippen molar-refractivity contribution in [1.82, 2.24) is 14.5 Å². The first kappa shape index (κ1) is 19.7. The maximum absolute atomic E-state index is 12.5. The lowest BCUT2D eigenvalue weighted by Gasteiger charge is -2.37. The molecule has 0 radical (unpaired) electrons. The van der Waals surface area contributed by atoms with E-state index in [-0.39, 0.29) is 0 Å². The summed E-state index contributed by atoms with van der Waals surface area (Å²) in [7, 11) is 1.41. The number of nitrogens with one attached hydrogen (secondary N) is 1. The van der Waals surface area contributed by atoms with Crippen LogP contribution in [0.25, 0.3) is 0 Å². The van der Waals surface area contributed by atoms with Crippen LogP contribution < -0.4 is 5.32 Å². The average molecular weight is 367 g/mol. The van der Waals surface area contributed by atoms with Crippen LogP contribution >= 0.6 is 0 Å². The van der Waals surface area contributed by atoms with Gasteiger partial charge in [-0.1, -0.05) is 32.0 Å². The maximum atomic E-state index is 12.5. The van der Waals surface area contributed by atoms with Gasteiger partial charge in [-0.2, -0.15) is 0 Å². The summed E-state index contributed by atoms with van der Waals surface area (Å²) in [6, 6.07) is 7.11. The maximum Gasteiger partial charge on any atom is 0.242 e. The quantitative estimate of drug-likeness (QED) is 0.654. The van der Waals surface area contributed by atoms with Gasteiger partial charge in [0.1, 0.15) is 0 Å². The van der Waals surface area contributed by atoms with Gasteiger partial charge in [0, 0.05) is 40.8 Å². The number of likely N-dealkylation sites (tertiary alicyclic amines) is 1. The van der Waals surface area contributed by atoms with Gasteiger partial charge in [-0.3, -0.25) is 4.99 Å². The van der Waals surface area contributed by atoms with E-state index in [1.807, 2.05) is 12.1 Å². The van der Waals surface area contributed by atoms with Crippen LogP contribution in [0.1, 0.15) is 25.8 Å². The van der Waals surface area contributed by atoms with Crippen LogP contribution in [-0.2, 0) is 16.6 Å². The summed E-state index contributed by atoms with van der Waals surface area (Å²) in [5, 5.41) is 3.34. The summed E-state index contributed by atoms with van der Waals surface area (Å²) in [5.41, 5.74) is 0.746. The molecule has 0 aromatic heterocycles. The van der Waals surface area contributed by atoms with Gasteiger partial charge in [0.05, 0.1) is 4.90 Å². The Balaban J connectivity index is 2.15. The van der Waals surface area contributed by atoms with Gasteiger partial charge in [0.15, 0.2) is 5.96 Å². The molecule has 1 aliphatic heterocycles. The molecule has 2 atom stereocenters. The summed E-state index contributed by atoms with van der Waals surface area (Å²) < 4.78 is 26.3. The molecule has 1 aromatic carbocycles. The first-order valence-corrected chi connectivity index (χ1v) is 10.2. The van der Waals surface area contributed by atoms with Crippen molar-refractivity contribution in [2.75, 3.05) is 34.2 Å². The predicted octanol–water partition coefficient (Wildman–Crippen LogP) is 1.99. The van der Waals surface area contributed by atoms with Crippen LogP contribution in [0.2, 0.25) is 0 Å². The third-order valence-corrected chi connectivity index (χ3v) is 6.46. The summed E-state index contributed by atoms with van der Waals surface area (Å²) in [6.45, 7) is 6.89. The van der Waals surface area contributed by atoms with Crippen LogP contribution in [-0.4, -0.2) is 57.8 Å². The third-order valence-electron chi connectivity index (χ3n) is 4.55. The molecule has 1 saturated heterocycles. The van der Waals surface area contributed by atoms with Crippen molar-refractivity contribution in [2.24, 2.45) is 16.8 Å². The highest BCUT2D eigenvalue weighted by atomic mass is 32.2. The van der Waals surface area contributed by atoms with Gasteiger partial charge >= 0.3 is 0 Å². The zero-order valence-corrected chi connectivity index (χ0v) is 16.7. The Kier molecular flexibility index (Phi) is 6.46. The van der Waals surface area contributed by atoms with Crippen LogP contribution in [0, 0.1) is 11.8 Å². The second-order valence-corrected chi connectivity index (χ2v) is 9.27. The monoisotopic (exact) mass is 366 g/mol. The van der Waals surface area contributed by atoms with Crippen molar-refractivity contribution in [3.05, 3.63) is 29.8 Å². The Labute approximate surface area is 152 Å². The van der Waals surface area contributed by atoms with Crippen molar-refractivity contribution in [2.45, 2.75) is 31.7 Å². The molecule has 0 aliphatic carbocycles. The van der Waals surface area contributed by atoms with Crippen molar-refractivity contribution < 1.29 is 8.42 Å². The zero-order valence-electron chi connectivity index (χ0n) is 15.9. The van der Waals surface area contributed by atoms with Crippen molar-refractivity contribution in [3.8, 4) is 0 Å². The minimum absolute atomic E-state index is 0.336. The minimum Gasteiger partial charge on any atom is -0.352 e. The normalized spacial score (nSPS) is 22.3. The molecule has 2 unspecified atom stereocenters. The second-order valence-electron chi connectivity index (χ2n) is 7.15. The van der Waals surface area contributed by atoms with E-state index in [1.54, 1.807) is 33.3 Å². The van der Waals surface area contributed by atoms with Gasteiger partial charge in [-0.05, 0) is 29.9 Å². The number of aliphatic imine (C=N–C) groups is 1. The number of guanidine groups is 1.